The van der Waals surface area contributed by atoms with Gasteiger partial charge in [-0.05, 0) is 12.8 Å². The van der Waals surface area contributed by atoms with Crippen molar-refractivity contribution >= 4 is 16.4 Å². The summed E-state index contributed by atoms with van der Waals surface area (Å²) in [6, 6.07) is 0. The number of rotatable bonds is 4. The molecular weight excluding hydrogens is 278 g/mol. The highest BCUT2D eigenvalue weighted by atomic mass is 32.3. The monoisotopic (exact) mass is 299 g/mol. The van der Waals surface area contributed by atoms with E-state index in [1.165, 1.54) is 0 Å². The van der Waals surface area contributed by atoms with E-state index >= 15 is 0 Å². The Hall–Kier alpha value is -0.940. The van der Waals surface area contributed by atoms with E-state index in [9.17, 15) is 0 Å². The lowest BCUT2D eigenvalue weighted by Crippen LogP contribution is -2.30. The van der Waals surface area contributed by atoms with Crippen molar-refractivity contribution in [3.63, 3.8) is 0 Å². The van der Waals surface area contributed by atoms with Crippen LogP contribution < -0.4 is 11.5 Å². The van der Waals surface area contributed by atoms with Crippen molar-refractivity contribution in [1.82, 2.24) is 0 Å². The van der Waals surface area contributed by atoms with Gasteiger partial charge in [-0.2, -0.15) is 8.42 Å². The lowest BCUT2D eigenvalue weighted by Gasteiger charge is -2.24. The van der Waals surface area contributed by atoms with Gasteiger partial charge < -0.3 is 20.9 Å². The van der Waals surface area contributed by atoms with E-state index < -0.39 is 16.2 Å². The van der Waals surface area contributed by atoms with Crippen LogP contribution >= 0.6 is 0 Å². The van der Waals surface area contributed by atoms with Gasteiger partial charge in [0, 0.05) is 0 Å². The zero-order chi connectivity index (χ0) is 15.1. The number of hydrogen-bond acceptors (Lipinski definition) is 5. The summed E-state index contributed by atoms with van der Waals surface area (Å²) in [5, 5.41) is 0. The molecule has 114 valence electrons. The minimum atomic E-state index is -4.67. The maximum absolute atomic E-state index is 8.74. The summed E-state index contributed by atoms with van der Waals surface area (Å²) in [5.41, 5.74) is 10.5. The SMILES string of the molecule is CCC1(CC)OCC(CN=C(N)N)O1.O=S(=O)(O)O. The highest BCUT2D eigenvalue weighted by molar-refractivity contribution is 7.79. The maximum atomic E-state index is 8.74. The Kier molecular flexibility index (Phi) is 7.23. The van der Waals surface area contributed by atoms with Crippen LogP contribution in [-0.4, -0.2) is 48.5 Å². The molecule has 1 fully saturated rings. The van der Waals surface area contributed by atoms with E-state index in [0.29, 0.717) is 13.2 Å². The standard InChI is InChI=1S/C9H19N3O2.H2O4S/c1-3-9(4-2)13-6-7(14-9)5-12-8(10)11;1-5(2,3)4/h7H,3-6H2,1-2H3,(H4,10,11,12);(H2,1,2,3,4). The van der Waals surface area contributed by atoms with Crippen LogP contribution in [0.5, 0.6) is 0 Å². The van der Waals surface area contributed by atoms with Gasteiger partial charge >= 0.3 is 10.4 Å². The lowest BCUT2D eigenvalue weighted by atomic mass is 10.1. The number of nitrogens with two attached hydrogens (primary N) is 2. The first-order valence-corrected chi connectivity index (χ1v) is 7.08. The smallest absolute Gasteiger partial charge is 0.370 e. The molecule has 1 unspecified atom stereocenters. The summed E-state index contributed by atoms with van der Waals surface area (Å²) in [4.78, 5) is 3.91. The second kappa shape index (κ2) is 7.60. The molecule has 0 radical (unpaired) electrons. The molecule has 19 heavy (non-hydrogen) atoms. The molecule has 1 rings (SSSR count). The molecule has 1 saturated heterocycles. The van der Waals surface area contributed by atoms with Gasteiger partial charge in [0.05, 0.1) is 13.2 Å². The summed E-state index contributed by atoms with van der Waals surface area (Å²) in [5.74, 6) is -0.317. The van der Waals surface area contributed by atoms with Gasteiger partial charge in [-0.25, -0.2) is 0 Å². The van der Waals surface area contributed by atoms with E-state index in [1.54, 1.807) is 0 Å². The fraction of sp³-hybridized carbons (Fsp3) is 0.889. The van der Waals surface area contributed by atoms with Crippen molar-refractivity contribution in [3.05, 3.63) is 0 Å². The molecule has 0 spiro atoms. The van der Waals surface area contributed by atoms with E-state index in [0.717, 1.165) is 12.8 Å². The topological polar surface area (TPSA) is 157 Å². The van der Waals surface area contributed by atoms with Crippen molar-refractivity contribution in [3.8, 4) is 0 Å². The Morgan fingerprint density at radius 2 is 1.84 bits per heavy atom. The Morgan fingerprint density at radius 3 is 2.16 bits per heavy atom. The summed E-state index contributed by atoms with van der Waals surface area (Å²) in [6.07, 6.45) is 1.68. The van der Waals surface area contributed by atoms with Crippen LogP contribution in [0.4, 0.5) is 0 Å². The number of guanidine groups is 1. The second-order valence-electron chi connectivity index (χ2n) is 3.88. The summed E-state index contributed by atoms with van der Waals surface area (Å²) < 4.78 is 43.0. The third kappa shape index (κ3) is 8.72. The highest BCUT2D eigenvalue weighted by Gasteiger charge is 2.38. The van der Waals surface area contributed by atoms with Crippen LogP contribution in [0.1, 0.15) is 26.7 Å². The Labute approximate surface area is 112 Å². The van der Waals surface area contributed by atoms with Crippen LogP contribution in [0.15, 0.2) is 4.99 Å². The molecule has 0 aromatic heterocycles. The first-order chi connectivity index (χ1) is 8.62. The van der Waals surface area contributed by atoms with E-state index in [-0.39, 0.29) is 12.1 Å². The first kappa shape index (κ1) is 18.1. The molecule has 0 aliphatic carbocycles. The quantitative estimate of drug-likeness (QED) is 0.308. The van der Waals surface area contributed by atoms with E-state index in [4.69, 9.17) is 38.5 Å². The molecular formula is C9H21N3O6S. The largest absolute Gasteiger partial charge is 0.394 e. The molecule has 0 aromatic carbocycles. The van der Waals surface area contributed by atoms with Crippen molar-refractivity contribution in [2.75, 3.05) is 13.2 Å². The van der Waals surface area contributed by atoms with Crippen LogP contribution in [0.25, 0.3) is 0 Å². The average Bonchev–Trinajstić information content (AvgIpc) is 2.68. The first-order valence-electron chi connectivity index (χ1n) is 5.69. The number of nitrogens with zero attached hydrogens (tertiary/aromatic N) is 1. The molecule has 0 amide bonds. The number of aliphatic imine (C=N–C) groups is 1. The van der Waals surface area contributed by atoms with E-state index in [1.807, 2.05) is 13.8 Å². The van der Waals surface area contributed by atoms with Crippen molar-refractivity contribution < 1.29 is 27.0 Å². The van der Waals surface area contributed by atoms with E-state index in [2.05, 4.69) is 4.99 Å². The molecule has 1 aliphatic rings. The Balaban J connectivity index is 0.000000555. The minimum Gasteiger partial charge on any atom is -0.370 e. The fourth-order valence-corrected chi connectivity index (χ4v) is 1.53. The second-order valence-corrected chi connectivity index (χ2v) is 4.78. The molecule has 1 atom stereocenters. The van der Waals surface area contributed by atoms with Gasteiger partial charge in [-0.1, -0.05) is 13.8 Å². The normalized spacial score (nSPS) is 21.4. The molecule has 0 saturated carbocycles. The predicted octanol–water partition coefficient (Wildman–Crippen LogP) is -0.461. The minimum absolute atomic E-state index is 0.0167. The Bertz CT molecular complexity index is 381. The number of hydrogen-bond donors (Lipinski definition) is 4. The van der Waals surface area contributed by atoms with Crippen molar-refractivity contribution in [1.29, 1.82) is 0 Å². The van der Waals surface area contributed by atoms with Crippen LogP contribution in [-0.2, 0) is 19.9 Å². The third-order valence-corrected chi connectivity index (χ3v) is 2.47. The zero-order valence-corrected chi connectivity index (χ0v) is 11.8. The van der Waals surface area contributed by atoms with Crippen LogP contribution in [0.3, 0.4) is 0 Å². The molecule has 10 heteroatoms. The predicted molar refractivity (Wildman–Crippen MR) is 69.0 cm³/mol. The molecule has 6 N–H and O–H groups in total. The van der Waals surface area contributed by atoms with Crippen molar-refractivity contribution in [2.24, 2.45) is 16.5 Å². The van der Waals surface area contributed by atoms with Gasteiger partial charge in [0.15, 0.2) is 11.7 Å². The molecule has 0 aromatic rings. The summed E-state index contributed by atoms with van der Waals surface area (Å²) in [6.45, 7) is 5.14. The van der Waals surface area contributed by atoms with Gasteiger partial charge in [0.25, 0.3) is 0 Å². The fourth-order valence-electron chi connectivity index (χ4n) is 1.53. The van der Waals surface area contributed by atoms with Gasteiger partial charge in [0.1, 0.15) is 6.10 Å². The number of ether oxygens (including phenoxy) is 2. The highest BCUT2D eigenvalue weighted by Crippen LogP contribution is 2.30. The van der Waals surface area contributed by atoms with Crippen LogP contribution in [0, 0.1) is 0 Å². The molecule has 0 bridgehead atoms. The maximum Gasteiger partial charge on any atom is 0.394 e. The summed E-state index contributed by atoms with van der Waals surface area (Å²) >= 11 is 0. The molecule has 9 nitrogen and oxygen atoms in total. The average molecular weight is 299 g/mol. The van der Waals surface area contributed by atoms with Gasteiger partial charge in [-0.3, -0.25) is 14.1 Å². The van der Waals surface area contributed by atoms with Gasteiger partial charge in [-0.15, -0.1) is 0 Å². The Morgan fingerprint density at radius 1 is 1.37 bits per heavy atom. The molecule has 1 aliphatic heterocycles. The molecule has 1 heterocycles. The third-order valence-electron chi connectivity index (χ3n) is 2.47. The van der Waals surface area contributed by atoms with Crippen molar-refractivity contribution in [2.45, 2.75) is 38.6 Å². The lowest BCUT2D eigenvalue weighted by molar-refractivity contribution is -0.170. The van der Waals surface area contributed by atoms with Crippen LogP contribution in [0.2, 0.25) is 0 Å². The van der Waals surface area contributed by atoms with Gasteiger partial charge in [0.2, 0.25) is 0 Å². The zero-order valence-electron chi connectivity index (χ0n) is 10.9. The summed E-state index contributed by atoms with van der Waals surface area (Å²) in [7, 11) is -4.67.